The molecular formula is C16H21N3O3. The van der Waals surface area contributed by atoms with Crippen LogP contribution in [0.15, 0.2) is 28.8 Å². The molecule has 0 atom stereocenters. The predicted octanol–water partition coefficient (Wildman–Crippen LogP) is 2.46. The topological polar surface area (TPSA) is 78.6 Å². The Bertz CT molecular complexity index is 648. The molecule has 1 heterocycles. The SMILES string of the molecule is CCN(CC)c1ccc(C(=O)NCc2cc(C)on2)c(O)c1. The molecule has 0 spiro atoms. The molecule has 2 N–H and O–H groups in total. The van der Waals surface area contributed by atoms with Crippen LogP contribution in [0.5, 0.6) is 5.75 Å². The van der Waals surface area contributed by atoms with Crippen LogP contribution in [0, 0.1) is 6.92 Å². The summed E-state index contributed by atoms with van der Waals surface area (Å²) in [5, 5.41) is 16.6. The molecule has 118 valence electrons. The van der Waals surface area contributed by atoms with Gasteiger partial charge in [-0.2, -0.15) is 0 Å². The second-order valence-electron chi connectivity index (χ2n) is 4.99. The largest absolute Gasteiger partial charge is 0.507 e. The van der Waals surface area contributed by atoms with Crippen LogP contribution in [-0.2, 0) is 6.54 Å². The Morgan fingerprint density at radius 2 is 2.05 bits per heavy atom. The van der Waals surface area contributed by atoms with E-state index in [1.54, 1.807) is 25.1 Å². The number of hydrogen-bond donors (Lipinski definition) is 2. The van der Waals surface area contributed by atoms with E-state index in [4.69, 9.17) is 4.52 Å². The summed E-state index contributed by atoms with van der Waals surface area (Å²) >= 11 is 0. The van der Waals surface area contributed by atoms with Gasteiger partial charge in [0.15, 0.2) is 0 Å². The fourth-order valence-electron chi connectivity index (χ4n) is 2.26. The number of carbonyl (C=O) groups excluding carboxylic acids is 1. The Morgan fingerprint density at radius 3 is 2.59 bits per heavy atom. The third kappa shape index (κ3) is 3.58. The first-order valence-electron chi connectivity index (χ1n) is 7.33. The number of carbonyl (C=O) groups is 1. The van der Waals surface area contributed by atoms with Gasteiger partial charge in [0, 0.05) is 30.9 Å². The number of anilines is 1. The van der Waals surface area contributed by atoms with E-state index in [1.165, 1.54) is 0 Å². The van der Waals surface area contributed by atoms with Gasteiger partial charge in [-0.25, -0.2) is 0 Å². The molecule has 0 fully saturated rings. The molecule has 2 aromatic rings. The van der Waals surface area contributed by atoms with Crippen LogP contribution in [0.1, 0.15) is 35.7 Å². The molecule has 22 heavy (non-hydrogen) atoms. The molecule has 1 aromatic heterocycles. The molecule has 6 nitrogen and oxygen atoms in total. The van der Waals surface area contributed by atoms with Crippen molar-refractivity contribution in [2.24, 2.45) is 0 Å². The molecule has 0 saturated heterocycles. The van der Waals surface area contributed by atoms with Gasteiger partial charge in [0.1, 0.15) is 17.2 Å². The van der Waals surface area contributed by atoms with Crippen molar-refractivity contribution in [1.29, 1.82) is 0 Å². The van der Waals surface area contributed by atoms with Crippen molar-refractivity contribution in [3.63, 3.8) is 0 Å². The number of rotatable bonds is 6. The first-order chi connectivity index (χ1) is 10.5. The Balaban J connectivity index is 2.06. The minimum absolute atomic E-state index is 0.0294. The molecule has 0 aliphatic heterocycles. The van der Waals surface area contributed by atoms with Crippen molar-refractivity contribution in [2.75, 3.05) is 18.0 Å². The minimum atomic E-state index is -0.343. The first-order valence-corrected chi connectivity index (χ1v) is 7.33. The van der Waals surface area contributed by atoms with Crippen LogP contribution in [0.2, 0.25) is 0 Å². The number of benzene rings is 1. The van der Waals surface area contributed by atoms with E-state index >= 15 is 0 Å². The van der Waals surface area contributed by atoms with Gasteiger partial charge in [0.2, 0.25) is 0 Å². The molecule has 0 aliphatic carbocycles. The molecule has 1 aromatic carbocycles. The van der Waals surface area contributed by atoms with Gasteiger partial charge in [0.25, 0.3) is 5.91 Å². The number of aryl methyl sites for hydroxylation is 1. The number of amides is 1. The van der Waals surface area contributed by atoms with Crippen molar-refractivity contribution < 1.29 is 14.4 Å². The number of aromatic hydroxyl groups is 1. The Hall–Kier alpha value is -2.50. The molecule has 6 heteroatoms. The van der Waals surface area contributed by atoms with Crippen LogP contribution >= 0.6 is 0 Å². The molecule has 1 amide bonds. The zero-order valence-corrected chi connectivity index (χ0v) is 13.1. The average molecular weight is 303 g/mol. The first kappa shape index (κ1) is 15.9. The number of phenolic OH excluding ortho intramolecular Hbond substituents is 1. The third-order valence-electron chi connectivity index (χ3n) is 3.46. The summed E-state index contributed by atoms with van der Waals surface area (Å²) in [4.78, 5) is 14.2. The number of nitrogens with zero attached hydrogens (tertiary/aromatic N) is 2. The number of aromatic nitrogens is 1. The van der Waals surface area contributed by atoms with E-state index in [-0.39, 0.29) is 23.8 Å². The highest BCUT2D eigenvalue weighted by molar-refractivity contribution is 5.97. The van der Waals surface area contributed by atoms with Crippen LogP contribution in [-0.4, -0.2) is 29.3 Å². The van der Waals surface area contributed by atoms with Crippen molar-refractivity contribution in [3.05, 3.63) is 41.3 Å². The van der Waals surface area contributed by atoms with Crippen molar-refractivity contribution in [3.8, 4) is 5.75 Å². The number of nitrogens with one attached hydrogen (secondary N) is 1. The monoisotopic (exact) mass is 303 g/mol. The summed E-state index contributed by atoms with van der Waals surface area (Å²) in [6.45, 7) is 7.81. The standard InChI is InChI=1S/C16H21N3O3/c1-4-19(5-2)13-6-7-14(15(20)9-13)16(21)17-10-12-8-11(3)22-18-12/h6-9,20H,4-5,10H2,1-3H3,(H,17,21). The average Bonchev–Trinajstić information content (AvgIpc) is 2.92. The van der Waals surface area contributed by atoms with E-state index in [1.807, 2.05) is 19.9 Å². The lowest BCUT2D eigenvalue weighted by molar-refractivity contribution is 0.0947. The molecule has 0 aliphatic rings. The van der Waals surface area contributed by atoms with Crippen LogP contribution < -0.4 is 10.2 Å². The quantitative estimate of drug-likeness (QED) is 0.857. The fraction of sp³-hybridized carbons (Fsp3) is 0.375. The smallest absolute Gasteiger partial charge is 0.255 e. The Kier molecular flexibility index (Phi) is 5.04. The van der Waals surface area contributed by atoms with E-state index < -0.39 is 0 Å². The predicted molar refractivity (Wildman–Crippen MR) is 84.1 cm³/mol. The van der Waals surface area contributed by atoms with Crippen LogP contribution in [0.3, 0.4) is 0 Å². The van der Waals surface area contributed by atoms with Gasteiger partial charge in [0.05, 0.1) is 12.1 Å². The van der Waals surface area contributed by atoms with Gasteiger partial charge in [-0.1, -0.05) is 5.16 Å². The summed E-state index contributed by atoms with van der Waals surface area (Å²) in [6, 6.07) is 6.83. The summed E-state index contributed by atoms with van der Waals surface area (Å²) in [5.74, 6) is 0.318. The van der Waals surface area contributed by atoms with Crippen molar-refractivity contribution in [2.45, 2.75) is 27.3 Å². The van der Waals surface area contributed by atoms with Crippen LogP contribution in [0.4, 0.5) is 5.69 Å². The molecule has 0 unspecified atom stereocenters. The van der Waals surface area contributed by atoms with Crippen molar-refractivity contribution in [1.82, 2.24) is 10.5 Å². The Morgan fingerprint density at radius 1 is 1.32 bits per heavy atom. The minimum Gasteiger partial charge on any atom is -0.507 e. The maximum absolute atomic E-state index is 12.1. The normalized spacial score (nSPS) is 10.5. The summed E-state index contributed by atoms with van der Waals surface area (Å²) < 4.78 is 4.94. The molecule has 0 bridgehead atoms. The van der Waals surface area contributed by atoms with Gasteiger partial charge in [-0.15, -0.1) is 0 Å². The molecular weight excluding hydrogens is 282 g/mol. The van der Waals surface area contributed by atoms with Gasteiger partial charge < -0.3 is 19.8 Å². The van der Waals surface area contributed by atoms with E-state index in [9.17, 15) is 9.90 Å². The molecule has 0 radical (unpaired) electrons. The zero-order chi connectivity index (χ0) is 16.1. The lowest BCUT2D eigenvalue weighted by Crippen LogP contribution is -2.24. The maximum atomic E-state index is 12.1. The Labute approximate surface area is 129 Å². The summed E-state index contributed by atoms with van der Waals surface area (Å²) in [5.41, 5.74) is 1.78. The van der Waals surface area contributed by atoms with E-state index in [0.717, 1.165) is 18.8 Å². The number of hydrogen-bond acceptors (Lipinski definition) is 5. The fourth-order valence-corrected chi connectivity index (χ4v) is 2.26. The highest BCUT2D eigenvalue weighted by atomic mass is 16.5. The third-order valence-corrected chi connectivity index (χ3v) is 3.46. The highest BCUT2D eigenvalue weighted by Crippen LogP contribution is 2.24. The van der Waals surface area contributed by atoms with E-state index in [0.29, 0.717) is 11.5 Å². The van der Waals surface area contributed by atoms with Gasteiger partial charge in [-0.05, 0) is 32.9 Å². The highest BCUT2D eigenvalue weighted by Gasteiger charge is 2.13. The van der Waals surface area contributed by atoms with E-state index in [2.05, 4.69) is 15.4 Å². The summed E-state index contributed by atoms with van der Waals surface area (Å²) in [6.07, 6.45) is 0. The lowest BCUT2D eigenvalue weighted by Gasteiger charge is -2.21. The second-order valence-corrected chi connectivity index (χ2v) is 4.99. The zero-order valence-electron chi connectivity index (χ0n) is 13.1. The van der Waals surface area contributed by atoms with Gasteiger partial charge >= 0.3 is 0 Å². The van der Waals surface area contributed by atoms with Gasteiger partial charge in [-0.3, -0.25) is 4.79 Å². The van der Waals surface area contributed by atoms with Crippen molar-refractivity contribution >= 4 is 11.6 Å². The number of phenols is 1. The summed E-state index contributed by atoms with van der Waals surface area (Å²) in [7, 11) is 0. The maximum Gasteiger partial charge on any atom is 0.255 e. The van der Waals surface area contributed by atoms with Crippen LogP contribution in [0.25, 0.3) is 0 Å². The molecule has 2 rings (SSSR count). The molecule has 0 saturated carbocycles. The lowest BCUT2D eigenvalue weighted by atomic mass is 10.1. The second kappa shape index (κ2) is 6.98.